The Morgan fingerprint density at radius 2 is 1.55 bits per heavy atom. The second-order valence-corrected chi connectivity index (χ2v) is 11.3. The summed E-state index contributed by atoms with van der Waals surface area (Å²) in [5.74, 6) is 0.885. The Morgan fingerprint density at radius 3 is 2.27 bits per heavy atom. The summed E-state index contributed by atoms with van der Waals surface area (Å²) in [6.07, 6.45) is -0.712. The summed E-state index contributed by atoms with van der Waals surface area (Å²) in [7, 11) is 0. The van der Waals surface area contributed by atoms with Crippen molar-refractivity contribution < 1.29 is 19.4 Å². The standard InChI is InChI=1S/C34H35NO4S/c1-23-32(22-40-31-12-4-3-5-13-31)38-34(39-33(23)27-16-14-25(21-36)15-17-27)30-11-7-10-29(19-30)28-9-6-8-26(18-28)20-35-24(2)37/h3-19,23,32-34,36H,20-22H2,1-2H3,(H,35,37)/t23-,32+,33+,34+/m0/s1. The Balaban J connectivity index is 1.41. The number of aliphatic hydroxyl groups is 1. The van der Waals surface area contributed by atoms with Gasteiger partial charge in [-0.2, -0.15) is 0 Å². The van der Waals surface area contributed by atoms with Crippen molar-refractivity contribution in [3.63, 3.8) is 0 Å². The molecule has 1 aliphatic rings. The summed E-state index contributed by atoms with van der Waals surface area (Å²) in [6.45, 7) is 4.22. The van der Waals surface area contributed by atoms with Gasteiger partial charge in [-0.1, -0.05) is 85.8 Å². The third-order valence-corrected chi connectivity index (χ3v) is 8.34. The van der Waals surface area contributed by atoms with Gasteiger partial charge in [0.1, 0.15) is 0 Å². The molecule has 0 spiro atoms. The Labute approximate surface area is 240 Å². The van der Waals surface area contributed by atoms with Gasteiger partial charge in [0, 0.05) is 35.6 Å². The summed E-state index contributed by atoms with van der Waals surface area (Å²) in [4.78, 5) is 12.6. The summed E-state index contributed by atoms with van der Waals surface area (Å²) >= 11 is 1.80. The third kappa shape index (κ3) is 7.01. The fraction of sp³-hybridized carbons (Fsp3) is 0.265. The van der Waals surface area contributed by atoms with Crippen molar-refractivity contribution in [3.05, 3.63) is 125 Å². The minimum atomic E-state index is -0.525. The van der Waals surface area contributed by atoms with E-state index in [9.17, 15) is 9.90 Å². The predicted octanol–water partition coefficient (Wildman–Crippen LogP) is 7.07. The van der Waals surface area contributed by atoms with Crippen LogP contribution in [0.1, 0.15) is 48.5 Å². The summed E-state index contributed by atoms with van der Waals surface area (Å²) < 4.78 is 13.3. The molecule has 0 aromatic heterocycles. The molecule has 5 rings (SSSR count). The van der Waals surface area contributed by atoms with Gasteiger partial charge >= 0.3 is 0 Å². The van der Waals surface area contributed by atoms with E-state index in [1.54, 1.807) is 11.8 Å². The van der Waals surface area contributed by atoms with Crippen molar-refractivity contribution >= 4 is 17.7 Å². The van der Waals surface area contributed by atoms with Gasteiger partial charge in [-0.25, -0.2) is 0 Å². The molecule has 0 radical (unpaired) electrons. The molecule has 1 amide bonds. The van der Waals surface area contributed by atoms with Crippen molar-refractivity contribution in [2.75, 3.05) is 5.75 Å². The number of hydrogen-bond donors (Lipinski definition) is 2. The van der Waals surface area contributed by atoms with Gasteiger partial charge in [-0.05, 0) is 52.1 Å². The van der Waals surface area contributed by atoms with Crippen molar-refractivity contribution in [2.24, 2.45) is 5.92 Å². The number of amides is 1. The molecule has 1 fully saturated rings. The van der Waals surface area contributed by atoms with Crippen LogP contribution in [-0.2, 0) is 27.4 Å². The molecule has 2 N–H and O–H groups in total. The van der Waals surface area contributed by atoms with Gasteiger partial charge in [0.15, 0.2) is 6.29 Å². The summed E-state index contributed by atoms with van der Waals surface area (Å²) in [5, 5.41) is 12.4. The maximum atomic E-state index is 11.4. The number of rotatable bonds is 9. The molecule has 6 heteroatoms. The maximum absolute atomic E-state index is 11.4. The molecular weight excluding hydrogens is 518 g/mol. The number of aliphatic hydroxyl groups excluding tert-OH is 1. The van der Waals surface area contributed by atoms with E-state index in [-0.39, 0.29) is 30.6 Å². The first kappa shape index (κ1) is 28.1. The van der Waals surface area contributed by atoms with Gasteiger partial charge in [0.25, 0.3) is 0 Å². The zero-order valence-electron chi connectivity index (χ0n) is 22.8. The molecule has 0 bridgehead atoms. The predicted molar refractivity (Wildman–Crippen MR) is 160 cm³/mol. The van der Waals surface area contributed by atoms with E-state index in [0.717, 1.165) is 39.1 Å². The van der Waals surface area contributed by atoms with Gasteiger partial charge in [0.2, 0.25) is 5.91 Å². The highest BCUT2D eigenvalue weighted by Crippen LogP contribution is 2.43. The topological polar surface area (TPSA) is 67.8 Å². The lowest BCUT2D eigenvalue weighted by Gasteiger charge is -2.41. The first-order valence-corrected chi connectivity index (χ1v) is 14.6. The number of hydrogen-bond acceptors (Lipinski definition) is 5. The Kier molecular flexibility index (Phi) is 9.34. The second-order valence-electron chi connectivity index (χ2n) is 10.2. The quantitative estimate of drug-likeness (QED) is 0.217. The lowest BCUT2D eigenvalue weighted by Crippen LogP contribution is -2.38. The van der Waals surface area contributed by atoms with Crippen LogP contribution in [-0.4, -0.2) is 22.9 Å². The molecule has 1 aliphatic heterocycles. The van der Waals surface area contributed by atoms with E-state index in [1.165, 1.54) is 11.8 Å². The van der Waals surface area contributed by atoms with Crippen LogP contribution in [0.3, 0.4) is 0 Å². The van der Waals surface area contributed by atoms with E-state index in [4.69, 9.17) is 9.47 Å². The number of benzene rings is 4. The summed E-state index contributed by atoms with van der Waals surface area (Å²) in [6, 6.07) is 34.9. The molecule has 4 aromatic rings. The third-order valence-electron chi connectivity index (χ3n) is 7.24. The largest absolute Gasteiger partial charge is 0.392 e. The second kappa shape index (κ2) is 13.3. The fourth-order valence-corrected chi connectivity index (χ4v) is 6.05. The van der Waals surface area contributed by atoms with Gasteiger partial charge < -0.3 is 19.9 Å². The van der Waals surface area contributed by atoms with Crippen molar-refractivity contribution in [1.82, 2.24) is 5.32 Å². The van der Waals surface area contributed by atoms with E-state index >= 15 is 0 Å². The minimum Gasteiger partial charge on any atom is -0.392 e. The SMILES string of the molecule is CC(=O)NCc1cccc(-c2cccc([C@@H]3O[C@H](CSc4ccccc4)[C@H](C)[C@H](c4ccc(CO)cc4)O3)c2)c1. The normalized spacial score (nSPS) is 20.7. The van der Waals surface area contributed by atoms with Gasteiger partial charge in [-0.15, -0.1) is 11.8 Å². The first-order valence-electron chi connectivity index (χ1n) is 13.6. The molecule has 4 aromatic carbocycles. The van der Waals surface area contributed by atoms with Crippen molar-refractivity contribution in [2.45, 2.75) is 50.4 Å². The Bertz CT molecular complexity index is 1410. The lowest BCUT2D eigenvalue weighted by molar-refractivity contribution is -0.268. The molecule has 0 aliphatic carbocycles. The average molecular weight is 554 g/mol. The first-order chi connectivity index (χ1) is 19.5. The molecule has 1 heterocycles. The number of carbonyl (C=O) groups is 1. The van der Waals surface area contributed by atoms with Crippen LogP contribution in [0.25, 0.3) is 11.1 Å². The van der Waals surface area contributed by atoms with E-state index < -0.39 is 6.29 Å². The van der Waals surface area contributed by atoms with Crippen LogP contribution in [0.4, 0.5) is 0 Å². The molecule has 206 valence electrons. The molecule has 1 saturated heterocycles. The van der Waals surface area contributed by atoms with E-state index in [1.807, 2.05) is 48.5 Å². The molecular formula is C34H35NO4S. The fourth-order valence-electron chi connectivity index (χ4n) is 4.96. The molecule has 0 unspecified atom stereocenters. The van der Waals surface area contributed by atoms with Gasteiger partial charge in [-0.3, -0.25) is 4.79 Å². The van der Waals surface area contributed by atoms with Gasteiger partial charge in [0.05, 0.1) is 18.8 Å². The maximum Gasteiger partial charge on any atom is 0.217 e. The van der Waals surface area contributed by atoms with Crippen LogP contribution in [0.15, 0.2) is 108 Å². The highest BCUT2D eigenvalue weighted by atomic mass is 32.2. The highest BCUT2D eigenvalue weighted by molar-refractivity contribution is 7.99. The smallest absolute Gasteiger partial charge is 0.217 e. The molecule has 5 nitrogen and oxygen atoms in total. The summed E-state index contributed by atoms with van der Waals surface area (Å²) in [5.41, 5.74) is 6.09. The molecule has 4 atom stereocenters. The number of ether oxygens (including phenoxy) is 2. The minimum absolute atomic E-state index is 0.0161. The zero-order chi connectivity index (χ0) is 27.9. The van der Waals surface area contributed by atoms with Crippen LogP contribution in [0.5, 0.6) is 0 Å². The molecule has 40 heavy (non-hydrogen) atoms. The van der Waals surface area contributed by atoms with Crippen molar-refractivity contribution in [3.8, 4) is 11.1 Å². The molecule has 0 saturated carbocycles. The van der Waals surface area contributed by atoms with Crippen LogP contribution < -0.4 is 5.32 Å². The van der Waals surface area contributed by atoms with Crippen LogP contribution in [0, 0.1) is 5.92 Å². The zero-order valence-corrected chi connectivity index (χ0v) is 23.6. The Hall–Kier alpha value is -3.42. The van der Waals surface area contributed by atoms with Crippen LogP contribution in [0.2, 0.25) is 0 Å². The number of nitrogens with one attached hydrogen (secondary N) is 1. The van der Waals surface area contributed by atoms with E-state index in [2.05, 4.69) is 66.8 Å². The average Bonchev–Trinajstić information content (AvgIpc) is 3.00. The monoisotopic (exact) mass is 553 g/mol. The number of carbonyl (C=O) groups excluding carboxylic acids is 1. The van der Waals surface area contributed by atoms with Crippen LogP contribution >= 0.6 is 11.8 Å². The Morgan fingerprint density at radius 1 is 0.825 bits per heavy atom. The number of thioether (sulfide) groups is 1. The van der Waals surface area contributed by atoms with E-state index in [0.29, 0.717) is 6.54 Å². The van der Waals surface area contributed by atoms with Crippen molar-refractivity contribution in [1.29, 1.82) is 0 Å². The lowest BCUT2D eigenvalue weighted by atomic mass is 9.91. The highest BCUT2D eigenvalue weighted by Gasteiger charge is 2.38.